The van der Waals surface area contributed by atoms with Gasteiger partial charge in [-0.1, -0.05) is 6.07 Å². The number of carbonyl (C=O) groups excluding carboxylic acids is 1. The van der Waals surface area contributed by atoms with Crippen LogP contribution in [0.25, 0.3) is 0 Å². The van der Waals surface area contributed by atoms with Crippen molar-refractivity contribution in [3.8, 4) is 0 Å². The van der Waals surface area contributed by atoms with Crippen LogP contribution in [0.1, 0.15) is 21.4 Å². The lowest BCUT2D eigenvalue weighted by atomic mass is 9.99. The fourth-order valence-corrected chi connectivity index (χ4v) is 4.68. The van der Waals surface area contributed by atoms with Gasteiger partial charge in [0.25, 0.3) is 0 Å². The number of carbonyl (C=O) groups is 1. The number of rotatable bonds is 2. The minimum absolute atomic E-state index is 0.00155. The summed E-state index contributed by atoms with van der Waals surface area (Å²) in [5, 5.41) is 7.14. The molecule has 0 aromatic carbocycles. The van der Waals surface area contributed by atoms with E-state index in [0.717, 1.165) is 18.7 Å². The fourth-order valence-electron chi connectivity index (χ4n) is 2.92. The predicted molar refractivity (Wildman–Crippen MR) is 94.1 cm³/mol. The van der Waals surface area contributed by atoms with Gasteiger partial charge >= 0.3 is 6.03 Å². The molecule has 0 fully saturated rings. The highest BCUT2D eigenvalue weighted by molar-refractivity contribution is 7.10. The smallest absolute Gasteiger partial charge is 0.312 e. The number of urea groups is 1. The van der Waals surface area contributed by atoms with Crippen LogP contribution < -0.4 is 5.32 Å². The van der Waals surface area contributed by atoms with Crippen molar-refractivity contribution < 1.29 is 4.79 Å². The van der Waals surface area contributed by atoms with Gasteiger partial charge in [-0.2, -0.15) is 0 Å². The van der Waals surface area contributed by atoms with Gasteiger partial charge in [0.1, 0.15) is 0 Å². The SMILES string of the molecule is O=C(Nc1cccnc1)N1CCc2sccc2C1c1cccs1. The van der Waals surface area contributed by atoms with Crippen LogP contribution in [-0.4, -0.2) is 22.5 Å². The maximum atomic E-state index is 12.8. The Labute approximate surface area is 142 Å². The van der Waals surface area contributed by atoms with Crippen LogP contribution in [0.5, 0.6) is 0 Å². The van der Waals surface area contributed by atoms with E-state index in [1.54, 1.807) is 35.1 Å². The molecule has 0 aliphatic carbocycles. The molecular weight excluding hydrogens is 326 g/mol. The molecule has 4 rings (SSSR count). The summed E-state index contributed by atoms with van der Waals surface area (Å²) in [6.07, 6.45) is 4.27. The van der Waals surface area contributed by atoms with Gasteiger partial charge < -0.3 is 10.2 Å². The molecule has 0 spiro atoms. The van der Waals surface area contributed by atoms with E-state index in [1.807, 2.05) is 23.1 Å². The van der Waals surface area contributed by atoms with Crippen molar-refractivity contribution in [3.63, 3.8) is 0 Å². The lowest BCUT2D eigenvalue weighted by Gasteiger charge is -2.35. The van der Waals surface area contributed by atoms with Crippen molar-refractivity contribution in [1.82, 2.24) is 9.88 Å². The van der Waals surface area contributed by atoms with Gasteiger partial charge in [0.2, 0.25) is 0 Å². The van der Waals surface area contributed by atoms with Crippen LogP contribution in [0.3, 0.4) is 0 Å². The number of nitrogens with one attached hydrogen (secondary N) is 1. The van der Waals surface area contributed by atoms with E-state index in [0.29, 0.717) is 0 Å². The molecular formula is C17H15N3OS2. The molecule has 23 heavy (non-hydrogen) atoms. The Morgan fingerprint density at radius 2 is 2.17 bits per heavy atom. The van der Waals surface area contributed by atoms with E-state index in [4.69, 9.17) is 0 Å². The van der Waals surface area contributed by atoms with Crippen LogP contribution in [0.15, 0.2) is 53.5 Å². The standard InChI is InChI=1S/C17H15N3OS2/c21-17(19-12-3-1-7-18-11-12)20-8-5-14-13(6-10-23-14)16(20)15-4-2-9-22-15/h1-4,6-7,9-11,16H,5,8H2,(H,19,21). The molecule has 6 heteroatoms. The zero-order valence-corrected chi connectivity index (χ0v) is 13.9. The summed E-state index contributed by atoms with van der Waals surface area (Å²) < 4.78 is 0. The fraction of sp³-hybridized carbons (Fsp3) is 0.176. The summed E-state index contributed by atoms with van der Waals surface area (Å²) in [5.74, 6) is 0. The van der Waals surface area contributed by atoms with E-state index in [2.05, 4.69) is 33.2 Å². The first-order chi connectivity index (χ1) is 11.3. The Bertz CT molecular complexity index is 798. The van der Waals surface area contributed by atoms with E-state index < -0.39 is 0 Å². The Hall–Kier alpha value is -2.18. The van der Waals surface area contributed by atoms with Gasteiger partial charge in [-0.15, -0.1) is 22.7 Å². The number of aromatic nitrogens is 1. The summed E-state index contributed by atoms with van der Waals surface area (Å²) in [5.41, 5.74) is 1.98. The van der Waals surface area contributed by atoms with Crippen LogP contribution in [0.4, 0.5) is 10.5 Å². The summed E-state index contributed by atoms with van der Waals surface area (Å²) in [4.78, 5) is 21.4. The first-order valence-corrected chi connectivity index (χ1v) is 9.16. The second-order valence-electron chi connectivity index (χ2n) is 5.33. The average molecular weight is 341 g/mol. The van der Waals surface area contributed by atoms with Gasteiger partial charge in [0, 0.05) is 22.5 Å². The van der Waals surface area contributed by atoms with Crippen molar-refractivity contribution in [2.75, 3.05) is 11.9 Å². The number of amides is 2. The largest absolute Gasteiger partial charge is 0.322 e. The summed E-state index contributed by atoms with van der Waals surface area (Å²) >= 11 is 3.47. The van der Waals surface area contributed by atoms with Crippen molar-refractivity contribution in [1.29, 1.82) is 0 Å². The normalized spacial score (nSPS) is 16.9. The second-order valence-corrected chi connectivity index (χ2v) is 7.31. The molecule has 1 atom stereocenters. The van der Waals surface area contributed by atoms with Crippen molar-refractivity contribution in [2.24, 2.45) is 0 Å². The number of anilines is 1. The molecule has 0 bridgehead atoms. The minimum atomic E-state index is -0.0757. The Balaban J connectivity index is 1.66. The topological polar surface area (TPSA) is 45.2 Å². The highest BCUT2D eigenvalue weighted by atomic mass is 32.1. The van der Waals surface area contributed by atoms with E-state index in [1.165, 1.54) is 15.3 Å². The van der Waals surface area contributed by atoms with Crippen LogP contribution in [0.2, 0.25) is 0 Å². The zero-order valence-electron chi connectivity index (χ0n) is 12.3. The minimum Gasteiger partial charge on any atom is -0.312 e. The monoisotopic (exact) mass is 341 g/mol. The molecule has 116 valence electrons. The average Bonchev–Trinajstić information content (AvgIpc) is 3.26. The van der Waals surface area contributed by atoms with E-state index in [-0.39, 0.29) is 12.1 Å². The number of thiophene rings is 2. The summed E-state index contributed by atoms with van der Waals surface area (Å²) in [6, 6.07) is 9.89. The van der Waals surface area contributed by atoms with Crippen molar-refractivity contribution in [2.45, 2.75) is 12.5 Å². The summed E-state index contributed by atoms with van der Waals surface area (Å²) in [6.45, 7) is 0.724. The number of hydrogen-bond donors (Lipinski definition) is 1. The van der Waals surface area contributed by atoms with E-state index >= 15 is 0 Å². The van der Waals surface area contributed by atoms with Gasteiger partial charge in [0.15, 0.2) is 0 Å². The molecule has 2 amide bonds. The molecule has 0 saturated carbocycles. The third-order valence-corrected chi connectivity index (χ3v) is 5.87. The molecule has 4 nitrogen and oxygen atoms in total. The predicted octanol–water partition coefficient (Wildman–Crippen LogP) is 4.38. The second kappa shape index (κ2) is 6.14. The third kappa shape index (κ3) is 2.75. The van der Waals surface area contributed by atoms with Gasteiger partial charge in [-0.05, 0) is 47.0 Å². The molecule has 0 radical (unpaired) electrons. The molecule has 0 saturated heterocycles. The molecule has 1 aliphatic heterocycles. The van der Waals surface area contributed by atoms with Crippen LogP contribution in [-0.2, 0) is 6.42 Å². The molecule has 4 heterocycles. The number of pyridine rings is 1. The maximum absolute atomic E-state index is 12.8. The number of hydrogen-bond acceptors (Lipinski definition) is 4. The third-order valence-electron chi connectivity index (χ3n) is 3.95. The zero-order chi connectivity index (χ0) is 15.6. The highest BCUT2D eigenvalue weighted by Gasteiger charge is 2.33. The lowest BCUT2D eigenvalue weighted by Crippen LogP contribution is -2.42. The summed E-state index contributed by atoms with van der Waals surface area (Å²) in [7, 11) is 0. The Morgan fingerprint density at radius 3 is 2.96 bits per heavy atom. The first-order valence-electron chi connectivity index (χ1n) is 7.40. The molecule has 1 aliphatic rings. The molecule has 3 aromatic rings. The van der Waals surface area contributed by atoms with Gasteiger partial charge in [-0.3, -0.25) is 4.98 Å². The lowest BCUT2D eigenvalue weighted by molar-refractivity contribution is 0.195. The Kier molecular flexibility index (Phi) is 3.85. The van der Waals surface area contributed by atoms with Crippen LogP contribution in [0, 0.1) is 0 Å². The van der Waals surface area contributed by atoms with Gasteiger partial charge in [-0.25, -0.2) is 4.79 Å². The Morgan fingerprint density at radius 1 is 1.22 bits per heavy atom. The van der Waals surface area contributed by atoms with Crippen molar-refractivity contribution >= 4 is 34.4 Å². The van der Waals surface area contributed by atoms with E-state index in [9.17, 15) is 4.79 Å². The highest BCUT2D eigenvalue weighted by Crippen LogP contribution is 2.39. The quantitative estimate of drug-likeness (QED) is 0.751. The van der Waals surface area contributed by atoms with Crippen LogP contribution >= 0.6 is 22.7 Å². The maximum Gasteiger partial charge on any atom is 0.322 e. The molecule has 1 unspecified atom stereocenters. The van der Waals surface area contributed by atoms with Gasteiger partial charge in [0.05, 0.1) is 17.9 Å². The first kappa shape index (κ1) is 14.4. The van der Waals surface area contributed by atoms with Crippen molar-refractivity contribution in [3.05, 3.63) is 68.8 Å². The number of nitrogens with zero attached hydrogens (tertiary/aromatic N) is 2. The molecule has 3 aromatic heterocycles. The molecule has 1 N–H and O–H groups in total. The number of fused-ring (bicyclic) bond motifs is 1.